The Morgan fingerprint density at radius 2 is 2.08 bits per heavy atom. The van der Waals surface area contributed by atoms with E-state index in [-0.39, 0.29) is 47.1 Å². The summed E-state index contributed by atoms with van der Waals surface area (Å²) in [5.74, 6) is 0.00458. The molecule has 0 saturated carbocycles. The molecule has 4 heteroatoms. The summed E-state index contributed by atoms with van der Waals surface area (Å²) in [4.78, 5) is 11.2. The van der Waals surface area contributed by atoms with Crippen molar-refractivity contribution >= 4 is 37.6 Å². The van der Waals surface area contributed by atoms with Crippen LogP contribution in [0.1, 0.15) is 12.5 Å². The van der Waals surface area contributed by atoms with Gasteiger partial charge in [-0.25, -0.2) is 0 Å². The molecule has 0 saturated heterocycles. The van der Waals surface area contributed by atoms with Gasteiger partial charge in [0.05, 0.1) is 0 Å². The summed E-state index contributed by atoms with van der Waals surface area (Å²) in [6, 6.07) is 10.3. The zero-order valence-electron chi connectivity index (χ0n) is 7.05. The van der Waals surface area contributed by atoms with Crippen molar-refractivity contribution in [1.82, 2.24) is 0 Å². The quantitative estimate of drug-likeness (QED) is 0.519. The molecule has 0 aliphatic carbocycles. The van der Waals surface area contributed by atoms with Crippen LogP contribution in [-0.4, -0.2) is 5.78 Å². The number of hydrogen-bond acceptors (Lipinski definition) is 1. The van der Waals surface area contributed by atoms with E-state index in [2.05, 4.69) is 37.9 Å². The molecule has 1 aromatic carbocycles. The first-order valence-corrected chi connectivity index (χ1v) is 5.00. The first-order chi connectivity index (χ1) is 5.55. The molecule has 1 radical (unpaired) electrons. The molecule has 0 amide bonds. The number of carbonyl (C=O) groups excluding carboxylic acids is 1. The minimum Gasteiger partial charge on any atom is -0.297 e. The third-order valence-electron chi connectivity index (χ3n) is 1.49. The van der Waals surface area contributed by atoms with Crippen molar-refractivity contribution in [3.05, 3.63) is 35.9 Å². The molecule has 0 aromatic heterocycles. The van der Waals surface area contributed by atoms with Gasteiger partial charge in [0.15, 0.2) is 5.78 Å². The maximum Gasteiger partial charge on any atom is 0.159 e. The summed E-state index contributed by atoms with van der Waals surface area (Å²) >= 11 is 6.58. The van der Waals surface area contributed by atoms with Crippen molar-refractivity contribution in [2.24, 2.45) is 0 Å². The molecule has 1 rings (SSSR count). The Kier molecular flexibility index (Phi) is 6.50. The Bertz CT molecular complexity index is 285. The first kappa shape index (κ1) is 14.2. The summed E-state index contributed by atoms with van der Waals surface area (Å²) in [6.07, 6.45) is 0. The molecule has 67 valence electrons. The smallest absolute Gasteiger partial charge is 0.159 e. The summed E-state index contributed by atoms with van der Waals surface area (Å²) in [5.41, 5.74) is 0.789. The van der Waals surface area contributed by atoms with Crippen LogP contribution < -0.4 is 0 Å². The Balaban J connectivity index is 0.00000144. The van der Waals surface area contributed by atoms with Gasteiger partial charge in [-0.05, 0) is 6.92 Å². The molecule has 0 atom stereocenters. The van der Waals surface area contributed by atoms with Gasteiger partial charge in [0.1, 0.15) is 3.23 Å². The third kappa shape index (κ3) is 3.69. The van der Waals surface area contributed by atoms with Gasteiger partial charge in [-0.1, -0.05) is 31.9 Å². The molecule has 0 unspecified atom stereocenters. The Hall–Kier alpha value is 1.21. The van der Waals surface area contributed by atoms with Crippen LogP contribution in [0.4, 0.5) is 0 Å². The first-order valence-electron chi connectivity index (χ1n) is 3.41. The van der Waals surface area contributed by atoms with E-state index in [1.807, 2.05) is 18.2 Å². The van der Waals surface area contributed by atoms with Crippen LogP contribution in [0.5, 0.6) is 0 Å². The number of rotatable bonds is 2. The Labute approximate surface area is 128 Å². The van der Waals surface area contributed by atoms with E-state index in [1.54, 1.807) is 6.07 Å². The largest absolute Gasteiger partial charge is 0.297 e. The summed E-state index contributed by atoms with van der Waals surface area (Å²) in [6.45, 7) is 1.52. The second-order valence-corrected chi connectivity index (χ2v) is 5.85. The third-order valence-corrected chi connectivity index (χ3v) is 3.46. The Morgan fingerprint density at radius 3 is 2.46 bits per heavy atom. The second kappa shape index (κ2) is 5.94. The molecule has 0 bridgehead atoms. The van der Waals surface area contributed by atoms with E-state index < -0.39 is 3.23 Å². The van der Waals surface area contributed by atoms with Crippen LogP contribution in [0.25, 0.3) is 0 Å². The maximum absolute atomic E-state index is 11.2. The topological polar surface area (TPSA) is 17.1 Å². The molecule has 13 heavy (non-hydrogen) atoms. The van der Waals surface area contributed by atoms with E-state index in [9.17, 15) is 4.79 Å². The number of alkyl halides is 2. The fourth-order valence-corrected chi connectivity index (χ4v) is 1.27. The number of Topliss-reactive ketones (excluding diaryl/α,β-unsaturated/α-hetero) is 1. The molecule has 0 spiro atoms. The SMILES string of the molecule is CC(=O)C(Br)(Br)c1[c-]cccc1.[Pr]. The van der Waals surface area contributed by atoms with Crippen LogP contribution in [0.15, 0.2) is 24.3 Å². The molecule has 0 fully saturated rings. The normalized spacial score (nSPS) is 10.4. The average molecular weight is 432 g/mol. The van der Waals surface area contributed by atoms with Gasteiger partial charge in [0, 0.05) is 41.3 Å². The molecule has 0 aliphatic heterocycles. The molecule has 0 heterocycles. The van der Waals surface area contributed by atoms with E-state index in [0.717, 1.165) is 5.56 Å². The Morgan fingerprint density at radius 1 is 1.46 bits per heavy atom. The fourth-order valence-electron chi connectivity index (χ4n) is 0.778. The summed E-state index contributed by atoms with van der Waals surface area (Å²) < 4.78 is -0.777. The van der Waals surface area contributed by atoms with Crippen molar-refractivity contribution in [2.75, 3.05) is 0 Å². The number of benzene rings is 1. The molecule has 0 aliphatic rings. The van der Waals surface area contributed by atoms with Crippen molar-refractivity contribution < 1.29 is 46.1 Å². The average Bonchev–Trinajstić information content (AvgIpc) is 2.06. The molecule has 1 nitrogen and oxygen atoms in total. The minimum absolute atomic E-state index is 0. The van der Waals surface area contributed by atoms with Crippen LogP contribution in [0, 0.1) is 47.4 Å². The van der Waals surface area contributed by atoms with E-state index in [1.165, 1.54) is 6.92 Å². The number of halogens is 2. The van der Waals surface area contributed by atoms with Crippen LogP contribution in [-0.2, 0) is 8.03 Å². The molecular formula is C9H7Br2OPr-. The predicted molar refractivity (Wildman–Crippen MR) is 55.5 cm³/mol. The second-order valence-electron chi connectivity index (χ2n) is 2.41. The molecule has 1 aromatic rings. The van der Waals surface area contributed by atoms with Crippen LogP contribution in [0.3, 0.4) is 0 Å². The van der Waals surface area contributed by atoms with Gasteiger partial charge < -0.3 is 0 Å². The van der Waals surface area contributed by atoms with Gasteiger partial charge in [-0.3, -0.25) is 4.79 Å². The summed E-state index contributed by atoms with van der Waals surface area (Å²) in [7, 11) is 0. The van der Waals surface area contributed by atoms with Crippen molar-refractivity contribution in [2.45, 2.75) is 10.2 Å². The van der Waals surface area contributed by atoms with E-state index in [4.69, 9.17) is 0 Å². The van der Waals surface area contributed by atoms with Crippen molar-refractivity contribution in [1.29, 1.82) is 0 Å². The standard InChI is InChI=1S/C9H7Br2O.Pr/c1-7(12)9(10,11)8-5-3-2-4-6-8;/h2-5H,1H3;/q-1;. The molecule has 0 N–H and O–H groups in total. The zero-order chi connectivity index (χ0) is 9.19. The van der Waals surface area contributed by atoms with Crippen LogP contribution >= 0.6 is 31.9 Å². The number of hydrogen-bond donors (Lipinski definition) is 0. The minimum atomic E-state index is -0.777. The summed E-state index contributed by atoms with van der Waals surface area (Å²) in [5, 5.41) is 0. The molecular weight excluding hydrogens is 425 g/mol. The van der Waals surface area contributed by atoms with E-state index >= 15 is 0 Å². The van der Waals surface area contributed by atoms with Gasteiger partial charge >= 0.3 is 0 Å². The van der Waals surface area contributed by atoms with Crippen LogP contribution in [0.2, 0.25) is 0 Å². The fraction of sp³-hybridized carbons (Fsp3) is 0.222. The number of ketones is 1. The predicted octanol–water partition coefficient (Wildman–Crippen LogP) is 3.02. The van der Waals surface area contributed by atoms with Crippen molar-refractivity contribution in [3.63, 3.8) is 0 Å². The van der Waals surface area contributed by atoms with Gasteiger partial charge in [-0.15, -0.1) is 5.56 Å². The van der Waals surface area contributed by atoms with Crippen molar-refractivity contribution in [3.8, 4) is 0 Å². The van der Waals surface area contributed by atoms with Gasteiger partial charge in [-0.2, -0.15) is 30.3 Å². The zero-order valence-corrected chi connectivity index (χ0v) is 13.9. The van der Waals surface area contributed by atoms with Gasteiger partial charge in [0.2, 0.25) is 0 Å². The number of carbonyl (C=O) groups is 1. The monoisotopic (exact) mass is 430 g/mol. The van der Waals surface area contributed by atoms with E-state index in [0.29, 0.717) is 0 Å². The van der Waals surface area contributed by atoms with Gasteiger partial charge in [0.25, 0.3) is 0 Å². The maximum atomic E-state index is 11.2.